The van der Waals surface area contributed by atoms with Gasteiger partial charge in [0.05, 0.1) is 39.0 Å². The summed E-state index contributed by atoms with van der Waals surface area (Å²) in [6, 6.07) is 14.7. The molecule has 0 aliphatic heterocycles. The molecule has 11 nitrogen and oxygen atoms in total. The number of carbonyl (C=O) groups is 2. The lowest BCUT2D eigenvalue weighted by Crippen LogP contribution is -2.51. The molecular formula is C32H40ClN3O8S. The quantitative estimate of drug-likeness (QED) is 0.215. The van der Waals surface area contributed by atoms with Crippen molar-refractivity contribution >= 4 is 39.1 Å². The minimum absolute atomic E-state index is 0.0413. The second-order valence-electron chi connectivity index (χ2n) is 10.00. The van der Waals surface area contributed by atoms with Crippen LogP contribution in [0.3, 0.4) is 0 Å². The Balaban J connectivity index is 2.15. The highest BCUT2D eigenvalue weighted by molar-refractivity contribution is 7.92. The first-order valence-corrected chi connectivity index (χ1v) is 16.1. The summed E-state index contributed by atoms with van der Waals surface area (Å²) in [5.74, 6) is -0.0100. The molecule has 0 unspecified atom stereocenters. The zero-order valence-corrected chi connectivity index (χ0v) is 27.9. The number of hydrogen-bond donors (Lipinski definition) is 1. The highest BCUT2D eigenvalue weighted by Gasteiger charge is 2.34. The summed E-state index contributed by atoms with van der Waals surface area (Å²) in [6.07, 6.45) is 1.65. The Hall–Kier alpha value is -4.16. The smallest absolute Gasteiger partial charge is 0.265 e. The average molecular weight is 662 g/mol. The van der Waals surface area contributed by atoms with E-state index >= 15 is 0 Å². The van der Waals surface area contributed by atoms with Crippen LogP contribution in [-0.4, -0.2) is 72.7 Å². The molecule has 0 aliphatic carbocycles. The van der Waals surface area contributed by atoms with E-state index in [4.69, 9.17) is 30.5 Å². The molecule has 0 radical (unpaired) electrons. The lowest BCUT2D eigenvalue weighted by atomic mass is 10.1. The fraction of sp³-hybridized carbons (Fsp3) is 0.375. The molecule has 244 valence electrons. The number of nitrogens with one attached hydrogen (secondary N) is 1. The van der Waals surface area contributed by atoms with Crippen LogP contribution in [0, 0.1) is 0 Å². The number of nitrogens with zero attached hydrogens (tertiary/aromatic N) is 2. The zero-order valence-electron chi connectivity index (χ0n) is 26.3. The third-order valence-electron chi connectivity index (χ3n) is 7.17. The van der Waals surface area contributed by atoms with Crippen molar-refractivity contribution in [1.29, 1.82) is 0 Å². The first-order valence-electron chi connectivity index (χ1n) is 14.3. The molecule has 3 aromatic carbocycles. The molecule has 0 aliphatic rings. The standard InChI is InChI=1S/C32H40ClN3O8S/c1-7-8-17-34-32(38)22(2)35(20-23-11-9-10-12-26(23)33)31(37)21-36(27-18-24(41-3)13-15-28(27)42-4)45(39,40)25-14-16-29(43-5)30(19-25)44-6/h9-16,18-19,22H,7-8,17,20-21H2,1-6H3,(H,34,38)/t22-/m1/s1. The Kier molecular flexibility index (Phi) is 12.7. The van der Waals surface area contributed by atoms with Crippen LogP contribution in [-0.2, 0) is 26.2 Å². The Labute approximate surface area is 270 Å². The van der Waals surface area contributed by atoms with Crippen molar-refractivity contribution in [2.75, 3.05) is 45.8 Å². The number of benzene rings is 3. The molecule has 0 heterocycles. The number of unbranched alkanes of at least 4 members (excludes halogenated alkanes) is 1. The van der Waals surface area contributed by atoms with Crippen molar-refractivity contribution in [3.63, 3.8) is 0 Å². The van der Waals surface area contributed by atoms with Crippen molar-refractivity contribution in [2.24, 2.45) is 0 Å². The third kappa shape index (κ3) is 8.52. The van der Waals surface area contributed by atoms with Crippen molar-refractivity contribution in [3.05, 3.63) is 71.2 Å². The van der Waals surface area contributed by atoms with Gasteiger partial charge >= 0.3 is 0 Å². The summed E-state index contributed by atoms with van der Waals surface area (Å²) in [5, 5.41) is 3.26. The summed E-state index contributed by atoms with van der Waals surface area (Å²) in [4.78, 5) is 28.6. The monoisotopic (exact) mass is 661 g/mol. The number of rotatable bonds is 16. The van der Waals surface area contributed by atoms with Crippen LogP contribution >= 0.6 is 11.6 Å². The topological polar surface area (TPSA) is 124 Å². The van der Waals surface area contributed by atoms with E-state index in [1.54, 1.807) is 43.3 Å². The molecule has 45 heavy (non-hydrogen) atoms. The van der Waals surface area contributed by atoms with Gasteiger partial charge in [0.1, 0.15) is 24.1 Å². The first-order chi connectivity index (χ1) is 21.5. The van der Waals surface area contributed by atoms with Crippen LogP contribution in [0.1, 0.15) is 32.3 Å². The van der Waals surface area contributed by atoms with Crippen LogP contribution < -0.4 is 28.6 Å². The second kappa shape index (κ2) is 16.2. The Morgan fingerprint density at radius 3 is 2.18 bits per heavy atom. The number of sulfonamides is 1. The summed E-state index contributed by atoms with van der Waals surface area (Å²) in [7, 11) is 1.20. The van der Waals surface area contributed by atoms with Gasteiger partial charge in [-0.1, -0.05) is 43.1 Å². The molecule has 0 saturated heterocycles. The zero-order chi connectivity index (χ0) is 33.1. The number of methoxy groups -OCH3 is 4. The fourth-order valence-corrected chi connectivity index (χ4v) is 6.17. The van der Waals surface area contributed by atoms with Crippen LogP contribution in [0.5, 0.6) is 23.0 Å². The lowest BCUT2D eigenvalue weighted by Gasteiger charge is -2.32. The molecule has 0 aromatic heterocycles. The molecule has 1 atom stereocenters. The number of hydrogen-bond acceptors (Lipinski definition) is 8. The summed E-state index contributed by atoms with van der Waals surface area (Å²) >= 11 is 6.44. The van der Waals surface area contributed by atoms with Gasteiger partial charge in [-0.25, -0.2) is 8.42 Å². The number of halogens is 1. The molecule has 3 rings (SSSR count). The molecule has 0 bridgehead atoms. The van der Waals surface area contributed by atoms with Gasteiger partial charge in [-0.2, -0.15) is 0 Å². The van der Waals surface area contributed by atoms with Crippen molar-refractivity contribution in [2.45, 2.75) is 44.2 Å². The van der Waals surface area contributed by atoms with Crippen LogP contribution in [0.15, 0.2) is 65.6 Å². The van der Waals surface area contributed by atoms with E-state index in [0.29, 0.717) is 28.6 Å². The van der Waals surface area contributed by atoms with E-state index in [2.05, 4.69) is 5.32 Å². The number of amides is 2. The van der Waals surface area contributed by atoms with Gasteiger partial charge < -0.3 is 29.2 Å². The predicted molar refractivity (Wildman–Crippen MR) is 173 cm³/mol. The van der Waals surface area contributed by atoms with Gasteiger partial charge in [-0.3, -0.25) is 13.9 Å². The highest BCUT2D eigenvalue weighted by atomic mass is 35.5. The molecule has 1 N–H and O–H groups in total. The molecular weight excluding hydrogens is 622 g/mol. The van der Waals surface area contributed by atoms with E-state index in [-0.39, 0.29) is 34.5 Å². The third-order valence-corrected chi connectivity index (χ3v) is 9.30. The lowest BCUT2D eigenvalue weighted by molar-refractivity contribution is -0.139. The summed E-state index contributed by atoms with van der Waals surface area (Å²) in [6.45, 7) is 3.31. The maximum absolute atomic E-state index is 14.4. The van der Waals surface area contributed by atoms with Gasteiger partial charge in [-0.15, -0.1) is 0 Å². The Morgan fingerprint density at radius 2 is 1.56 bits per heavy atom. The number of ether oxygens (including phenoxy) is 4. The molecule has 0 fully saturated rings. The fourth-order valence-electron chi connectivity index (χ4n) is 4.54. The van der Waals surface area contributed by atoms with Gasteiger partial charge in [0, 0.05) is 30.2 Å². The molecule has 13 heteroatoms. The van der Waals surface area contributed by atoms with Crippen LogP contribution in [0.2, 0.25) is 5.02 Å². The highest BCUT2D eigenvalue weighted by Crippen LogP contribution is 2.38. The molecule has 3 aromatic rings. The van der Waals surface area contributed by atoms with E-state index in [9.17, 15) is 18.0 Å². The average Bonchev–Trinajstić information content (AvgIpc) is 3.05. The second-order valence-corrected chi connectivity index (χ2v) is 12.3. The largest absolute Gasteiger partial charge is 0.497 e. The van der Waals surface area contributed by atoms with Gasteiger partial charge in [0.15, 0.2) is 11.5 Å². The normalized spacial score (nSPS) is 11.7. The van der Waals surface area contributed by atoms with Gasteiger partial charge in [0.25, 0.3) is 10.0 Å². The number of carbonyl (C=O) groups excluding carboxylic acids is 2. The van der Waals surface area contributed by atoms with E-state index < -0.39 is 28.5 Å². The predicted octanol–water partition coefficient (Wildman–Crippen LogP) is 4.90. The van der Waals surface area contributed by atoms with Gasteiger partial charge in [-0.05, 0) is 49.2 Å². The van der Waals surface area contributed by atoms with Gasteiger partial charge in [0.2, 0.25) is 11.8 Å². The van der Waals surface area contributed by atoms with E-state index in [1.165, 1.54) is 57.6 Å². The SMILES string of the molecule is CCCCNC(=O)[C@@H](C)N(Cc1ccccc1Cl)C(=O)CN(c1cc(OC)ccc1OC)S(=O)(=O)c1ccc(OC)c(OC)c1. The molecule has 0 saturated carbocycles. The summed E-state index contributed by atoms with van der Waals surface area (Å²) < 4.78 is 51.2. The first kappa shape index (κ1) is 35.3. The van der Waals surface area contributed by atoms with Crippen molar-refractivity contribution in [1.82, 2.24) is 10.2 Å². The van der Waals surface area contributed by atoms with Crippen LogP contribution in [0.4, 0.5) is 5.69 Å². The van der Waals surface area contributed by atoms with Crippen molar-refractivity contribution in [3.8, 4) is 23.0 Å². The maximum atomic E-state index is 14.4. The Morgan fingerprint density at radius 1 is 0.889 bits per heavy atom. The minimum Gasteiger partial charge on any atom is -0.497 e. The Bertz CT molecular complexity index is 1580. The van der Waals surface area contributed by atoms with Crippen LogP contribution in [0.25, 0.3) is 0 Å². The molecule has 0 spiro atoms. The van der Waals surface area contributed by atoms with Crippen molar-refractivity contribution < 1.29 is 37.0 Å². The van der Waals surface area contributed by atoms with E-state index in [1.807, 2.05) is 6.92 Å². The van der Waals surface area contributed by atoms with E-state index in [0.717, 1.165) is 17.1 Å². The molecule has 2 amide bonds. The summed E-state index contributed by atoms with van der Waals surface area (Å²) in [5.41, 5.74) is 0.645. The number of anilines is 1. The minimum atomic E-state index is -4.45. The maximum Gasteiger partial charge on any atom is 0.265 e.